The molecule has 0 aromatic heterocycles. The monoisotopic (exact) mass is 364 g/mol. The minimum absolute atomic E-state index is 0.131. The average Bonchev–Trinajstić information content (AvgIpc) is 2.56. The largest absolute Gasteiger partial charge is 0.480 e. The number of nitrogens with one attached hydrogen (secondary N) is 1. The second kappa shape index (κ2) is 8.08. The molecule has 0 saturated carbocycles. The smallest absolute Gasteiger partial charge is 0.265 e. The maximum atomic E-state index is 12.3. The van der Waals surface area contributed by atoms with E-state index in [1.165, 1.54) is 23.9 Å². The normalized spacial score (nSPS) is 11.6. The quantitative estimate of drug-likeness (QED) is 0.768. The van der Waals surface area contributed by atoms with Gasteiger partial charge in [0.15, 0.2) is 6.10 Å². The molecule has 0 heterocycles. The molecule has 7 heteroatoms. The first-order valence-corrected chi connectivity index (χ1v) is 8.72. The van der Waals surface area contributed by atoms with Crippen molar-refractivity contribution in [3.63, 3.8) is 0 Å². The van der Waals surface area contributed by atoms with Crippen molar-refractivity contribution in [2.24, 2.45) is 5.73 Å². The summed E-state index contributed by atoms with van der Waals surface area (Å²) in [7, 11) is 0. The highest BCUT2D eigenvalue weighted by atomic mass is 35.5. The zero-order chi connectivity index (χ0) is 17.7. The third-order valence-electron chi connectivity index (χ3n) is 3.24. The second-order valence-corrected chi connectivity index (χ2v) is 6.24. The molecule has 24 heavy (non-hydrogen) atoms. The third-order valence-corrected chi connectivity index (χ3v) is 4.28. The van der Waals surface area contributed by atoms with Crippen LogP contribution in [0.3, 0.4) is 0 Å². The van der Waals surface area contributed by atoms with Crippen LogP contribution >= 0.6 is 23.4 Å². The van der Waals surface area contributed by atoms with Gasteiger partial charge >= 0.3 is 0 Å². The highest BCUT2D eigenvalue weighted by Crippen LogP contribution is 2.26. The van der Waals surface area contributed by atoms with Gasteiger partial charge in [-0.15, -0.1) is 11.8 Å². The molecule has 1 atom stereocenters. The summed E-state index contributed by atoms with van der Waals surface area (Å²) in [6.07, 6.45) is 1.11. The number of halogens is 1. The first kappa shape index (κ1) is 18.2. The number of anilines is 1. The predicted octanol–water partition coefficient (Wildman–Crippen LogP) is 3.57. The molecule has 2 rings (SSSR count). The minimum Gasteiger partial charge on any atom is -0.480 e. The van der Waals surface area contributed by atoms with E-state index >= 15 is 0 Å². The first-order chi connectivity index (χ1) is 11.4. The molecule has 2 aromatic carbocycles. The number of thioether (sulfide) groups is 1. The number of ether oxygens (including phenoxy) is 1. The first-order valence-electron chi connectivity index (χ1n) is 7.12. The van der Waals surface area contributed by atoms with Crippen LogP contribution in [0.15, 0.2) is 47.4 Å². The molecular weight excluding hydrogens is 348 g/mol. The fourth-order valence-corrected chi connectivity index (χ4v) is 2.75. The lowest BCUT2D eigenvalue weighted by Gasteiger charge is -2.17. The molecule has 0 radical (unpaired) electrons. The molecule has 3 N–H and O–H groups in total. The maximum Gasteiger partial charge on any atom is 0.265 e. The highest BCUT2D eigenvalue weighted by Gasteiger charge is 2.19. The Hall–Kier alpha value is -2.18. The van der Waals surface area contributed by atoms with Crippen LogP contribution in [0.2, 0.25) is 5.02 Å². The van der Waals surface area contributed by atoms with Crippen molar-refractivity contribution in [3.05, 3.63) is 53.1 Å². The number of amides is 2. The Kier molecular flexibility index (Phi) is 6.11. The Morgan fingerprint density at radius 1 is 1.25 bits per heavy atom. The Bertz CT molecular complexity index is 767. The van der Waals surface area contributed by atoms with Crippen molar-refractivity contribution in [1.82, 2.24) is 0 Å². The summed E-state index contributed by atoms with van der Waals surface area (Å²) in [5, 5.41) is 3.18. The number of hydrogen-bond acceptors (Lipinski definition) is 4. The van der Waals surface area contributed by atoms with Crippen molar-refractivity contribution in [2.75, 3.05) is 11.6 Å². The molecule has 5 nitrogen and oxygen atoms in total. The standard InChI is InChI=1S/C17H17ClN2O3S/c1-10(17(22)20-13-5-3-4-6-15(13)24-2)23-14-8-7-11(18)9-12(14)16(19)21/h3-10H,1-2H3,(H2,19,21)(H,20,22). The molecule has 2 aromatic rings. The van der Waals surface area contributed by atoms with E-state index in [0.717, 1.165) is 4.90 Å². The lowest BCUT2D eigenvalue weighted by molar-refractivity contribution is -0.122. The SMILES string of the molecule is CSc1ccccc1NC(=O)C(C)Oc1ccc(Cl)cc1C(N)=O. The maximum absolute atomic E-state index is 12.3. The van der Waals surface area contributed by atoms with Gasteiger partial charge in [0.25, 0.3) is 11.8 Å². The summed E-state index contributed by atoms with van der Waals surface area (Å²) in [4.78, 5) is 24.8. The predicted molar refractivity (Wildman–Crippen MR) is 96.9 cm³/mol. The Morgan fingerprint density at radius 3 is 2.62 bits per heavy atom. The Balaban J connectivity index is 2.14. The number of carbonyl (C=O) groups is 2. The highest BCUT2D eigenvalue weighted by molar-refractivity contribution is 7.98. The number of hydrogen-bond donors (Lipinski definition) is 2. The molecular formula is C17H17ClN2O3S. The van der Waals surface area contributed by atoms with E-state index in [1.54, 1.807) is 13.0 Å². The number of nitrogens with two attached hydrogens (primary N) is 1. The Morgan fingerprint density at radius 2 is 1.96 bits per heavy atom. The van der Waals surface area contributed by atoms with Crippen LogP contribution in [0.4, 0.5) is 5.69 Å². The minimum atomic E-state index is -0.820. The molecule has 0 aliphatic carbocycles. The Labute approximate surface area is 149 Å². The van der Waals surface area contributed by atoms with Gasteiger partial charge in [0, 0.05) is 9.92 Å². The van der Waals surface area contributed by atoms with E-state index in [0.29, 0.717) is 10.7 Å². The van der Waals surface area contributed by atoms with Crippen molar-refractivity contribution < 1.29 is 14.3 Å². The molecule has 0 aliphatic rings. The molecule has 0 aliphatic heterocycles. The van der Waals surface area contributed by atoms with Crippen LogP contribution in [-0.4, -0.2) is 24.2 Å². The van der Waals surface area contributed by atoms with Gasteiger partial charge in [-0.25, -0.2) is 0 Å². The van der Waals surface area contributed by atoms with Crippen LogP contribution < -0.4 is 15.8 Å². The second-order valence-electron chi connectivity index (χ2n) is 4.95. The van der Waals surface area contributed by atoms with Gasteiger partial charge in [-0.2, -0.15) is 0 Å². The number of benzene rings is 2. The lowest BCUT2D eigenvalue weighted by atomic mass is 10.2. The summed E-state index contributed by atoms with van der Waals surface area (Å²) in [6.45, 7) is 1.59. The van der Waals surface area contributed by atoms with Gasteiger partial charge in [-0.3, -0.25) is 9.59 Å². The summed E-state index contributed by atoms with van der Waals surface area (Å²) in [5.74, 6) is -0.789. The van der Waals surface area contributed by atoms with Gasteiger partial charge in [-0.1, -0.05) is 23.7 Å². The van der Waals surface area contributed by atoms with Gasteiger partial charge in [0.1, 0.15) is 5.75 Å². The molecule has 126 valence electrons. The summed E-state index contributed by atoms with van der Waals surface area (Å²) < 4.78 is 5.59. The van der Waals surface area contributed by atoms with Gasteiger partial charge in [0.2, 0.25) is 0 Å². The van der Waals surface area contributed by atoms with Crippen LogP contribution in [0.1, 0.15) is 17.3 Å². The zero-order valence-corrected chi connectivity index (χ0v) is 14.8. The summed E-state index contributed by atoms with van der Waals surface area (Å²) in [5.41, 5.74) is 6.15. The molecule has 0 fully saturated rings. The number of rotatable bonds is 6. The lowest BCUT2D eigenvalue weighted by Crippen LogP contribution is -2.31. The van der Waals surface area contributed by atoms with E-state index in [-0.39, 0.29) is 17.2 Å². The third kappa shape index (κ3) is 4.43. The summed E-state index contributed by atoms with van der Waals surface area (Å²) in [6, 6.07) is 12.0. The molecule has 0 bridgehead atoms. The van der Waals surface area contributed by atoms with Crippen LogP contribution in [-0.2, 0) is 4.79 Å². The van der Waals surface area contributed by atoms with E-state index in [2.05, 4.69) is 5.32 Å². The van der Waals surface area contributed by atoms with Crippen LogP contribution in [0, 0.1) is 0 Å². The molecule has 0 spiro atoms. The fourth-order valence-electron chi connectivity index (χ4n) is 2.02. The summed E-state index contributed by atoms with van der Waals surface area (Å²) >= 11 is 7.39. The molecule has 2 amide bonds. The fraction of sp³-hybridized carbons (Fsp3) is 0.176. The number of carbonyl (C=O) groups excluding carboxylic acids is 2. The topological polar surface area (TPSA) is 81.4 Å². The van der Waals surface area contributed by atoms with E-state index in [4.69, 9.17) is 22.1 Å². The van der Waals surface area contributed by atoms with E-state index in [1.807, 2.05) is 30.5 Å². The molecule has 0 saturated heterocycles. The zero-order valence-electron chi connectivity index (χ0n) is 13.2. The van der Waals surface area contributed by atoms with Gasteiger partial charge in [-0.05, 0) is 43.5 Å². The van der Waals surface area contributed by atoms with Gasteiger partial charge < -0.3 is 15.8 Å². The average molecular weight is 365 g/mol. The van der Waals surface area contributed by atoms with Crippen molar-refractivity contribution in [1.29, 1.82) is 0 Å². The van der Waals surface area contributed by atoms with E-state index in [9.17, 15) is 9.59 Å². The van der Waals surface area contributed by atoms with Gasteiger partial charge in [0.05, 0.1) is 11.3 Å². The van der Waals surface area contributed by atoms with Crippen LogP contribution in [0.25, 0.3) is 0 Å². The van der Waals surface area contributed by atoms with Crippen molar-refractivity contribution in [3.8, 4) is 5.75 Å². The van der Waals surface area contributed by atoms with Crippen molar-refractivity contribution >= 4 is 40.9 Å². The number of para-hydroxylation sites is 1. The number of primary amides is 1. The van der Waals surface area contributed by atoms with Crippen molar-refractivity contribution in [2.45, 2.75) is 17.9 Å². The van der Waals surface area contributed by atoms with E-state index < -0.39 is 12.0 Å². The molecule has 1 unspecified atom stereocenters. The van der Waals surface area contributed by atoms with Crippen LogP contribution in [0.5, 0.6) is 5.75 Å².